The highest BCUT2D eigenvalue weighted by molar-refractivity contribution is 5.80. The molecule has 0 aliphatic rings. The van der Waals surface area contributed by atoms with Gasteiger partial charge in [-0.2, -0.15) is 5.10 Å². The summed E-state index contributed by atoms with van der Waals surface area (Å²) >= 11 is 0. The van der Waals surface area contributed by atoms with Crippen LogP contribution in [0.2, 0.25) is 0 Å². The monoisotopic (exact) mass is 385 g/mol. The van der Waals surface area contributed by atoms with Crippen LogP contribution in [0.3, 0.4) is 0 Å². The minimum atomic E-state index is 0.182. The summed E-state index contributed by atoms with van der Waals surface area (Å²) in [6, 6.07) is 8.39. The van der Waals surface area contributed by atoms with E-state index in [0.29, 0.717) is 6.54 Å². The van der Waals surface area contributed by atoms with E-state index in [2.05, 4.69) is 55.6 Å². The summed E-state index contributed by atoms with van der Waals surface area (Å²) in [5.74, 6) is 1.72. The number of nitrogens with one attached hydrogen (secondary N) is 2. The second-order valence-electron chi connectivity index (χ2n) is 7.53. The van der Waals surface area contributed by atoms with Crippen LogP contribution in [0.5, 0.6) is 5.75 Å². The molecule has 1 aromatic carbocycles. The Hall–Kier alpha value is -2.50. The van der Waals surface area contributed by atoms with E-state index in [1.54, 1.807) is 0 Å². The second-order valence-corrected chi connectivity index (χ2v) is 7.53. The van der Waals surface area contributed by atoms with E-state index < -0.39 is 0 Å². The number of guanidine groups is 1. The lowest BCUT2D eigenvalue weighted by Crippen LogP contribution is -2.43. The zero-order valence-electron chi connectivity index (χ0n) is 18.3. The third kappa shape index (κ3) is 6.29. The number of hydrogen-bond donors (Lipinski definition) is 2. The van der Waals surface area contributed by atoms with Crippen LogP contribution in [0.15, 0.2) is 29.3 Å². The molecule has 1 heterocycles. The van der Waals surface area contributed by atoms with Gasteiger partial charge in [0.1, 0.15) is 5.75 Å². The predicted molar refractivity (Wildman–Crippen MR) is 116 cm³/mol. The normalized spacial score (nSPS) is 12.9. The summed E-state index contributed by atoms with van der Waals surface area (Å²) in [6.07, 6.45) is 1.10. The van der Waals surface area contributed by atoms with Crippen molar-refractivity contribution in [3.05, 3.63) is 46.8 Å². The van der Waals surface area contributed by atoms with E-state index in [1.165, 1.54) is 11.3 Å². The zero-order valence-corrected chi connectivity index (χ0v) is 18.3. The number of aryl methyl sites for hydroxylation is 2. The van der Waals surface area contributed by atoms with Gasteiger partial charge in [0.15, 0.2) is 5.96 Å². The molecule has 0 fully saturated rings. The lowest BCUT2D eigenvalue weighted by atomic mass is 10.1. The fourth-order valence-electron chi connectivity index (χ4n) is 3.14. The smallest absolute Gasteiger partial charge is 0.191 e. The van der Waals surface area contributed by atoms with Gasteiger partial charge in [-0.05, 0) is 71.2 Å². The van der Waals surface area contributed by atoms with Crippen molar-refractivity contribution in [3.63, 3.8) is 0 Å². The molecule has 0 saturated heterocycles. The Morgan fingerprint density at radius 1 is 1.18 bits per heavy atom. The molecular formula is C22H35N5O. The molecule has 2 N–H and O–H groups in total. The van der Waals surface area contributed by atoms with E-state index >= 15 is 0 Å². The first-order valence-electron chi connectivity index (χ1n) is 10.1. The number of benzene rings is 1. The molecule has 0 amide bonds. The van der Waals surface area contributed by atoms with Gasteiger partial charge in [-0.3, -0.25) is 4.68 Å². The molecule has 1 atom stereocenters. The molecule has 0 bridgehead atoms. The average Bonchev–Trinajstić information content (AvgIpc) is 2.87. The second kappa shape index (κ2) is 10.2. The Balaban J connectivity index is 1.99. The molecule has 6 heteroatoms. The number of hydrogen-bond acceptors (Lipinski definition) is 3. The maximum absolute atomic E-state index is 5.70. The van der Waals surface area contributed by atoms with Gasteiger partial charge < -0.3 is 15.4 Å². The first kappa shape index (κ1) is 21.8. The molecule has 1 unspecified atom stereocenters. The fraction of sp³-hybridized carbons (Fsp3) is 0.545. The van der Waals surface area contributed by atoms with Crippen molar-refractivity contribution < 1.29 is 4.74 Å². The van der Waals surface area contributed by atoms with Crippen molar-refractivity contribution in [3.8, 4) is 5.75 Å². The number of ether oxygens (including phenoxy) is 1. The first-order chi connectivity index (χ1) is 13.3. The van der Waals surface area contributed by atoms with Crippen molar-refractivity contribution >= 4 is 5.96 Å². The number of aromatic nitrogens is 2. The molecule has 0 radical (unpaired) electrons. The van der Waals surface area contributed by atoms with E-state index in [0.717, 1.165) is 35.9 Å². The molecule has 6 nitrogen and oxygen atoms in total. The quantitative estimate of drug-likeness (QED) is 0.539. The van der Waals surface area contributed by atoms with Crippen LogP contribution >= 0.6 is 0 Å². The molecule has 0 saturated carbocycles. The largest absolute Gasteiger partial charge is 0.491 e. The number of nitrogens with zero attached hydrogens (tertiary/aromatic N) is 3. The molecule has 2 rings (SSSR count). The van der Waals surface area contributed by atoms with Gasteiger partial charge in [0.05, 0.1) is 18.3 Å². The van der Waals surface area contributed by atoms with E-state index in [-0.39, 0.29) is 12.1 Å². The highest BCUT2D eigenvalue weighted by Gasteiger charge is 2.14. The summed E-state index contributed by atoms with van der Waals surface area (Å²) in [6.45, 7) is 13.9. The predicted octanol–water partition coefficient (Wildman–Crippen LogP) is 3.51. The summed E-state index contributed by atoms with van der Waals surface area (Å²) in [7, 11) is 1.99. The summed E-state index contributed by atoms with van der Waals surface area (Å²) in [5.41, 5.74) is 4.77. The first-order valence-corrected chi connectivity index (χ1v) is 10.1. The van der Waals surface area contributed by atoms with Crippen LogP contribution < -0.4 is 15.4 Å². The van der Waals surface area contributed by atoms with Crippen molar-refractivity contribution in [1.29, 1.82) is 0 Å². The fourth-order valence-corrected chi connectivity index (χ4v) is 3.14. The van der Waals surface area contributed by atoms with E-state index in [4.69, 9.17) is 9.73 Å². The lowest BCUT2D eigenvalue weighted by Gasteiger charge is -2.18. The van der Waals surface area contributed by atoms with E-state index in [9.17, 15) is 0 Å². The third-order valence-corrected chi connectivity index (χ3v) is 4.61. The maximum Gasteiger partial charge on any atom is 0.191 e. The van der Waals surface area contributed by atoms with Crippen LogP contribution in [0.1, 0.15) is 50.2 Å². The van der Waals surface area contributed by atoms with Crippen molar-refractivity contribution in [2.24, 2.45) is 12.0 Å². The SMILES string of the molecule is CCNC(=NCc1ccc(OC(C)C)cc1)NC(C)Cc1c(C)nn(C)c1C. The van der Waals surface area contributed by atoms with Gasteiger partial charge in [0.2, 0.25) is 0 Å². The van der Waals surface area contributed by atoms with Crippen molar-refractivity contribution in [2.75, 3.05) is 6.54 Å². The Morgan fingerprint density at radius 2 is 1.86 bits per heavy atom. The number of aliphatic imine (C=N–C) groups is 1. The molecule has 1 aromatic heterocycles. The Bertz CT molecular complexity index is 777. The number of rotatable bonds is 8. The topological polar surface area (TPSA) is 63.5 Å². The highest BCUT2D eigenvalue weighted by atomic mass is 16.5. The maximum atomic E-state index is 5.70. The van der Waals surface area contributed by atoms with Crippen LogP contribution in [0.4, 0.5) is 0 Å². The summed E-state index contributed by atoms with van der Waals surface area (Å²) in [4.78, 5) is 4.74. The van der Waals surface area contributed by atoms with Crippen LogP contribution in [0.25, 0.3) is 0 Å². The molecule has 0 aliphatic heterocycles. The average molecular weight is 386 g/mol. The van der Waals surface area contributed by atoms with Crippen LogP contribution in [0, 0.1) is 13.8 Å². The highest BCUT2D eigenvalue weighted by Crippen LogP contribution is 2.15. The third-order valence-electron chi connectivity index (χ3n) is 4.61. The van der Waals surface area contributed by atoms with Crippen LogP contribution in [-0.4, -0.2) is 34.4 Å². The van der Waals surface area contributed by atoms with Crippen LogP contribution in [-0.2, 0) is 20.0 Å². The van der Waals surface area contributed by atoms with Gasteiger partial charge in [-0.15, -0.1) is 0 Å². The Morgan fingerprint density at radius 3 is 2.39 bits per heavy atom. The van der Waals surface area contributed by atoms with Gasteiger partial charge in [0, 0.05) is 25.3 Å². The lowest BCUT2D eigenvalue weighted by molar-refractivity contribution is 0.242. The van der Waals surface area contributed by atoms with E-state index in [1.807, 2.05) is 37.7 Å². The minimum Gasteiger partial charge on any atom is -0.491 e. The molecule has 0 aliphatic carbocycles. The Kier molecular flexibility index (Phi) is 7.91. The Labute approximate surface area is 169 Å². The minimum absolute atomic E-state index is 0.182. The molecule has 28 heavy (non-hydrogen) atoms. The molecule has 0 spiro atoms. The summed E-state index contributed by atoms with van der Waals surface area (Å²) in [5, 5.41) is 11.4. The standard InChI is InChI=1S/C22H35N5O/c1-8-23-22(24-14-19-9-11-20(12-10-19)28-15(2)3)25-16(4)13-21-17(5)26-27(7)18(21)6/h9-12,15-16H,8,13-14H2,1-7H3,(H2,23,24,25). The molecular weight excluding hydrogens is 350 g/mol. The molecule has 154 valence electrons. The summed E-state index contributed by atoms with van der Waals surface area (Å²) < 4.78 is 7.64. The van der Waals surface area contributed by atoms with Crippen molar-refractivity contribution in [2.45, 2.75) is 66.7 Å². The van der Waals surface area contributed by atoms with Crippen molar-refractivity contribution in [1.82, 2.24) is 20.4 Å². The molecule has 2 aromatic rings. The van der Waals surface area contributed by atoms with Gasteiger partial charge >= 0.3 is 0 Å². The zero-order chi connectivity index (χ0) is 20.7. The van der Waals surface area contributed by atoms with Gasteiger partial charge in [-0.25, -0.2) is 4.99 Å². The van der Waals surface area contributed by atoms with Gasteiger partial charge in [-0.1, -0.05) is 12.1 Å². The van der Waals surface area contributed by atoms with Gasteiger partial charge in [0.25, 0.3) is 0 Å².